The van der Waals surface area contributed by atoms with Crippen molar-refractivity contribution in [2.24, 2.45) is 5.92 Å². The Kier molecular flexibility index (Phi) is 5.91. The number of rotatable bonds is 4. The van der Waals surface area contributed by atoms with Gasteiger partial charge in [0.05, 0.1) is 0 Å². The molecule has 126 valence electrons. The fourth-order valence-electron chi connectivity index (χ4n) is 3.18. The lowest BCUT2D eigenvalue weighted by atomic mass is 9.90. The Labute approximate surface area is 152 Å². The van der Waals surface area contributed by atoms with E-state index >= 15 is 0 Å². The summed E-state index contributed by atoms with van der Waals surface area (Å²) >= 11 is 3.42. The molecular formula is C20H23BrN2O. The highest BCUT2D eigenvalue weighted by Crippen LogP contribution is 2.21. The highest BCUT2D eigenvalue weighted by Gasteiger charge is 2.22. The molecule has 4 heteroatoms. The molecule has 0 aliphatic carbocycles. The Bertz CT molecular complexity index is 649. The van der Waals surface area contributed by atoms with Gasteiger partial charge in [0.2, 0.25) is 0 Å². The van der Waals surface area contributed by atoms with Crippen LogP contribution in [-0.4, -0.2) is 24.0 Å². The first-order valence-corrected chi connectivity index (χ1v) is 9.31. The van der Waals surface area contributed by atoms with Gasteiger partial charge in [-0.3, -0.25) is 0 Å². The van der Waals surface area contributed by atoms with Crippen LogP contribution in [0.1, 0.15) is 24.0 Å². The Hall–Kier alpha value is -1.81. The fourth-order valence-corrected chi connectivity index (χ4v) is 3.44. The van der Waals surface area contributed by atoms with Crippen LogP contribution < -0.4 is 5.32 Å². The molecule has 1 aliphatic heterocycles. The molecular weight excluding hydrogens is 364 g/mol. The van der Waals surface area contributed by atoms with Crippen LogP contribution in [0.3, 0.4) is 0 Å². The maximum absolute atomic E-state index is 12.3. The van der Waals surface area contributed by atoms with Gasteiger partial charge in [-0.05, 0) is 48.4 Å². The number of hydrogen-bond donors (Lipinski definition) is 1. The second kappa shape index (κ2) is 8.34. The van der Waals surface area contributed by atoms with Crippen LogP contribution in [-0.2, 0) is 13.0 Å². The Balaban J connectivity index is 1.42. The highest BCUT2D eigenvalue weighted by atomic mass is 79.9. The predicted octanol–water partition coefficient (Wildman–Crippen LogP) is 4.61. The van der Waals surface area contributed by atoms with Crippen molar-refractivity contribution < 1.29 is 4.79 Å². The molecule has 2 aromatic carbocycles. The van der Waals surface area contributed by atoms with E-state index in [1.54, 1.807) is 0 Å². The number of benzene rings is 2. The Morgan fingerprint density at radius 2 is 1.67 bits per heavy atom. The van der Waals surface area contributed by atoms with Gasteiger partial charge in [0.15, 0.2) is 0 Å². The molecule has 3 rings (SSSR count). The van der Waals surface area contributed by atoms with Crippen molar-refractivity contribution in [1.29, 1.82) is 0 Å². The van der Waals surface area contributed by atoms with Crippen LogP contribution in [0.4, 0.5) is 4.79 Å². The maximum atomic E-state index is 12.3. The number of carbonyl (C=O) groups excluding carboxylic acids is 1. The van der Waals surface area contributed by atoms with Crippen LogP contribution in [0, 0.1) is 5.92 Å². The third kappa shape index (κ3) is 4.84. The lowest BCUT2D eigenvalue weighted by Crippen LogP contribution is -2.44. The van der Waals surface area contributed by atoms with E-state index in [1.165, 1.54) is 5.56 Å². The molecule has 0 atom stereocenters. The minimum Gasteiger partial charge on any atom is -0.334 e. The molecule has 0 unspecified atom stereocenters. The maximum Gasteiger partial charge on any atom is 0.317 e. The van der Waals surface area contributed by atoms with Crippen LogP contribution in [0.2, 0.25) is 0 Å². The predicted molar refractivity (Wildman–Crippen MR) is 101 cm³/mol. The number of amides is 2. The standard InChI is InChI=1S/C20H23BrN2O/c21-19-8-6-18(7-9-19)15-22-20(24)23-12-10-17(11-13-23)14-16-4-2-1-3-5-16/h1-9,17H,10-15H2,(H,22,24). The SMILES string of the molecule is O=C(NCc1ccc(Br)cc1)N1CCC(Cc2ccccc2)CC1. The Morgan fingerprint density at radius 1 is 1.00 bits per heavy atom. The molecule has 1 aliphatic rings. The van der Waals surface area contributed by atoms with Crippen molar-refractivity contribution in [2.75, 3.05) is 13.1 Å². The summed E-state index contributed by atoms with van der Waals surface area (Å²) in [6.07, 6.45) is 3.29. The van der Waals surface area contributed by atoms with Crippen molar-refractivity contribution >= 4 is 22.0 Å². The van der Waals surface area contributed by atoms with Crippen molar-refractivity contribution in [2.45, 2.75) is 25.8 Å². The van der Waals surface area contributed by atoms with Gasteiger partial charge in [0, 0.05) is 24.1 Å². The van der Waals surface area contributed by atoms with Crippen molar-refractivity contribution in [1.82, 2.24) is 10.2 Å². The summed E-state index contributed by atoms with van der Waals surface area (Å²) in [4.78, 5) is 14.3. The van der Waals surface area contributed by atoms with Gasteiger partial charge in [-0.1, -0.05) is 58.4 Å². The molecule has 2 aromatic rings. The van der Waals surface area contributed by atoms with E-state index in [-0.39, 0.29) is 6.03 Å². The van der Waals surface area contributed by atoms with Gasteiger partial charge in [-0.2, -0.15) is 0 Å². The average molecular weight is 387 g/mol. The number of likely N-dealkylation sites (tertiary alicyclic amines) is 1. The number of hydrogen-bond acceptors (Lipinski definition) is 1. The van der Waals surface area contributed by atoms with Gasteiger partial charge in [-0.25, -0.2) is 4.79 Å². The average Bonchev–Trinajstić information content (AvgIpc) is 2.62. The van der Waals surface area contributed by atoms with Crippen molar-refractivity contribution in [3.05, 3.63) is 70.2 Å². The molecule has 0 radical (unpaired) electrons. The van der Waals surface area contributed by atoms with Gasteiger partial charge < -0.3 is 10.2 Å². The summed E-state index contributed by atoms with van der Waals surface area (Å²) in [7, 11) is 0. The quantitative estimate of drug-likeness (QED) is 0.816. The topological polar surface area (TPSA) is 32.3 Å². The molecule has 0 aromatic heterocycles. The fraction of sp³-hybridized carbons (Fsp3) is 0.350. The largest absolute Gasteiger partial charge is 0.334 e. The summed E-state index contributed by atoms with van der Waals surface area (Å²) in [6.45, 7) is 2.28. The zero-order chi connectivity index (χ0) is 16.8. The van der Waals surface area contributed by atoms with Crippen LogP contribution in [0.15, 0.2) is 59.1 Å². The first-order chi connectivity index (χ1) is 11.7. The lowest BCUT2D eigenvalue weighted by molar-refractivity contribution is 0.170. The molecule has 1 saturated heterocycles. The van der Waals surface area contributed by atoms with Gasteiger partial charge >= 0.3 is 6.03 Å². The summed E-state index contributed by atoms with van der Waals surface area (Å²) in [5.74, 6) is 0.683. The smallest absolute Gasteiger partial charge is 0.317 e. The number of piperidine rings is 1. The van der Waals surface area contributed by atoms with E-state index in [9.17, 15) is 4.79 Å². The molecule has 1 fully saturated rings. The number of urea groups is 1. The molecule has 2 amide bonds. The monoisotopic (exact) mass is 386 g/mol. The summed E-state index contributed by atoms with van der Waals surface area (Å²) in [6, 6.07) is 18.7. The van der Waals surface area contributed by atoms with Crippen LogP contribution in [0.5, 0.6) is 0 Å². The van der Waals surface area contributed by atoms with Crippen molar-refractivity contribution in [3.63, 3.8) is 0 Å². The van der Waals surface area contributed by atoms with Gasteiger partial charge in [-0.15, -0.1) is 0 Å². The minimum atomic E-state index is 0.0519. The molecule has 3 nitrogen and oxygen atoms in total. The molecule has 1 heterocycles. The molecule has 0 bridgehead atoms. The summed E-state index contributed by atoms with van der Waals surface area (Å²) < 4.78 is 1.05. The normalized spacial score (nSPS) is 15.3. The second-order valence-corrected chi connectivity index (χ2v) is 7.32. The van der Waals surface area contributed by atoms with Crippen LogP contribution in [0.25, 0.3) is 0 Å². The van der Waals surface area contributed by atoms with E-state index in [1.807, 2.05) is 29.2 Å². The van der Waals surface area contributed by atoms with E-state index in [4.69, 9.17) is 0 Å². The third-order valence-electron chi connectivity index (χ3n) is 4.63. The number of nitrogens with zero attached hydrogens (tertiary/aromatic N) is 1. The van der Waals surface area contributed by atoms with Crippen molar-refractivity contribution in [3.8, 4) is 0 Å². The first kappa shape index (κ1) is 17.0. The van der Waals surface area contributed by atoms with E-state index < -0.39 is 0 Å². The highest BCUT2D eigenvalue weighted by molar-refractivity contribution is 9.10. The lowest BCUT2D eigenvalue weighted by Gasteiger charge is -2.32. The van der Waals surface area contributed by atoms with E-state index in [0.29, 0.717) is 12.5 Å². The summed E-state index contributed by atoms with van der Waals surface area (Å²) in [5.41, 5.74) is 2.51. The van der Waals surface area contributed by atoms with Crippen LogP contribution >= 0.6 is 15.9 Å². The zero-order valence-corrected chi connectivity index (χ0v) is 15.3. The Morgan fingerprint density at radius 3 is 2.33 bits per heavy atom. The third-order valence-corrected chi connectivity index (χ3v) is 5.15. The number of carbonyl (C=O) groups is 1. The number of nitrogens with one attached hydrogen (secondary N) is 1. The van der Waals surface area contributed by atoms with E-state index in [0.717, 1.165) is 42.4 Å². The molecule has 1 N–H and O–H groups in total. The number of halogens is 1. The molecule has 0 spiro atoms. The first-order valence-electron chi connectivity index (χ1n) is 8.52. The van der Waals surface area contributed by atoms with Gasteiger partial charge in [0.1, 0.15) is 0 Å². The van der Waals surface area contributed by atoms with Gasteiger partial charge in [0.25, 0.3) is 0 Å². The minimum absolute atomic E-state index is 0.0519. The zero-order valence-electron chi connectivity index (χ0n) is 13.7. The van der Waals surface area contributed by atoms with E-state index in [2.05, 4.69) is 51.6 Å². The second-order valence-electron chi connectivity index (χ2n) is 6.41. The summed E-state index contributed by atoms with van der Waals surface area (Å²) in [5, 5.41) is 3.02. The molecule has 24 heavy (non-hydrogen) atoms. The molecule has 0 saturated carbocycles.